The number of piperidine rings is 1. The molecular formula is C17H28N2O2. The predicted octanol–water partition coefficient (Wildman–Crippen LogP) is 2.73. The highest BCUT2D eigenvalue weighted by Crippen LogP contribution is 2.27. The van der Waals surface area contributed by atoms with Crippen LogP contribution in [0.2, 0.25) is 0 Å². The van der Waals surface area contributed by atoms with E-state index < -0.39 is 0 Å². The molecule has 0 aromatic carbocycles. The van der Waals surface area contributed by atoms with E-state index in [-0.39, 0.29) is 17.9 Å². The van der Waals surface area contributed by atoms with Crippen LogP contribution in [0, 0.1) is 0 Å². The zero-order valence-corrected chi connectivity index (χ0v) is 13.2. The van der Waals surface area contributed by atoms with Gasteiger partial charge >= 0.3 is 0 Å². The minimum atomic E-state index is 0.0724. The average molecular weight is 292 g/mol. The Labute approximate surface area is 128 Å². The monoisotopic (exact) mass is 292 g/mol. The molecular weight excluding hydrogens is 264 g/mol. The molecule has 2 amide bonds. The quantitative estimate of drug-likeness (QED) is 0.593. The van der Waals surface area contributed by atoms with E-state index >= 15 is 0 Å². The summed E-state index contributed by atoms with van der Waals surface area (Å²) < 4.78 is 0. The maximum atomic E-state index is 12.4. The number of amides is 2. The second-order valence-electron chi connectivity index (χ2n) is 6.33. The van der Waals surface area contributed by atoms with Crippen LogP contribution in [0.15, 0.2) is 12.7 Å². The van der Waals surface area contributed by atoms with E-state index in [9.17, 15) is 9.59 Å². The van der Waals surface area contributed by atoms with Crippen LogP contribution in [-0.4, -0.2) is 46.8 Å². The van der Waals surface area contributed by atoms with Gasteiger partial charge in [0.1, 0.15) is 0 Å². The lowest BCUT2D eigenvalue weighted by Gasteiger charge is -2.42. The maximum Gasteiger partial charge on any atom is 0.246 e. The number of carbonyl (C=O) groups excluding carboxylic acids is 2. The van der Waals surface area contributed by atoms with Crippen molar-refractivity contribution >= 4 is 11.8 Å². The van der Waals surface area contributed by atoms with Gasteiger partial charge in [0, 0.05) is 32.1 Å². The lowest BCUT2D eigenvalue weighted by atomic mass is 9.97. The van der Waals surface area contributed by atoms with Crippen LogP contribution < -0.4 is 0 Å². The molecule has 0 radical (unpaired) electrons. The Bertz CT molecular complexity index is 378. The summed E-state index contributed by atoms with van der Waals surface area (Å²) in [6, 6.07) is 0.640. The first-order valence-electron chi connectivity index (χ1n) is 8.33. The van der Waals surface area contributed by atoms with E-state index in [4.69, 9.17) is 0 Å². The van der Waals surface area contributed by atoms with Crippen molar-refractivity contribution in [2.24, 2.45) is 0 Å². The molecule has 2 aliphatic rings. The summed E-state index contributed by atoms with van der Waals surface area (Å²) in [5, 5.41) is 0. The van der Waals surface area contributed by atoms with Crippen molar-refractivity contribution in [1.82, 2.24) is 9.80 Å². The van der Waals surface area contributed by atoms with E-state index in [1.54, 1.807) is 6.92 Å². The van der Waals surface area contributed by atoms with Gasteiger partial charge in [0.15, 0.2) is 0 Å². The summed E-state index contributed by atoms with van der Waals surface area (Å²) in [5.74, 6) is 0.215. The molecule has 0 N–H and O–H groups in total. The lowest BCUT2D eigenvalue weighted by Crippen LogP contribution is -2.51. The third kappa shape index (κ3) is 4.08. The zero-order chi connectivity index (χ0) is 15.2. The summed E-state index contributed by atoms with van der Waals surface area (Å²) in [4.78, 5) is 27.8. The normalized spacial score (nSPS) is 21.7. The molecule has 21 heavy (non-hydrogen) atoms. The van der Waals surface area contributed by atoms with Gasteiger partial charge in [0.25, 0.3) is 0 Å². The molecule has 0 atom stereocenters. The van der Waals surface area contributed by atoms with E-state index in [0.29, 0.717) is 6.04 Å². The topological polar surface area (TPSA) is 40.6 Å². The molecule has 0 bridgehead atoms. The summed E-state index contributed by atoms with van der Waals surface area (Å²) in [6.45, 7) is 6.85. The summed E-state index contributed by atoms with van der Waals surface area (Å²) in [5.41, 5.74) is 0. The zero-order valence-electron chi connectivity index (χ0n) is 13.2. The van der Waals surface area contributed by atoms with Crippen molar-refractivity contribution in [3.8, 4) is 0 Å². The largest absolute Gasteiger partial charge is 0.343 e. The second kappa shape index (κ2) is 7.62. The molecule has 4 nitrogen and oxygen atoms in total. The van der Waals surface area contributed by atoms with E-state index in [1.807, 2.05) is 4.90 Å². The number of hydrogen-bond acceptors (Lipinski definition) is 2. The first-order chi connectivity index (χ1) is 10.1. The molecule has 0 spiro atoms. The van der Waals surface area contributed by atoms with Crippen molar-refractivity contribution in [2.75, 3.05) is 13.1 Å². The number of carbonyl (C=O) groups is 2. The average Bonchev–Trinajstić information content (AvgIpc) is 2.77. The van der Waals surface area contributed by atoms with E-state index in [0.717, 1.165) is 38.8 Å². The molecule has 4 heteroatoms. The fourth-order valence-electron chi connectivity index (χ4n) is 3.76. The Morgan fingerprint density at radius 3 is 2.00 bits per heavy atom. The van der Waals surface area contributed by atoms with Crippen LogP contribution in [-0.2, 0) is 9.59 Å². The van der Waals surface area contributed by atoms with Gasteiger partial charge in [0.05, 0.1) is 0 Å². The Morgan fingerprint density at radius 2 is 1.52 bits per heavy atom. The van der Waals surface area contributed by atoms with Crippen LogP contribution in [0.5, 0.6) is 0 Å². The molecule has 1 heterocycles. The smallest absolute Gasteiger partial charge is 0.246 e. The van der Waals surface area contributed by atoms with Crippen molar-refractivity contribution in [3.05, 3.63) is 12.7 Å². The Kier molecular flexibility index (Phi) is 5.83. The molecule has 1 saturated carbocycles. The molecule has 1 saturated heterocycles. The Hall–Kier alpha value is -1.32. The van der Waals surface area contributed by atoms with Crippen LogP contribution in [0.1, 0.15) is 58.3 Å². The van der Waals surface area contributed by atoms with Gasteiger partial charge in [-0.3, -0.25) is 9.59 Å². The van der Waals surface area contributed by atoms with Gasteiger partial charge in [-0.15, -0.1) is 0 Å². The SMILES string of the molecule is C=CC(=O)N(C1CCCCCC1)C1CCN(C(C)=O)CC1. The highest BCUT2D eigenvalue weighted by molar-refractivity contribution is 5.87. The van der Waals surface area contributed by atoms with Gasteiger partial charge in [0.2, 0.25) is 11.8 Å². The fourth-order valence-corrected chi connectivity index (χ4v) is 3.76. The molecule has 118 valence electrons. The number of rotatable bonds is 3. The Morgan fingerprint density at radius 1 is 1.00 bits per heavy atom. The van der Waals surface area contributed by atoms with Crippen LogP contribution in [0.25, 0.3) is 0 Å². The molecule has 0 aromatic heterocycles. The standard InChI is InChI=1S/C17H28N2O2/c1-3-17(21)19(15-8-6-4-5-7-9-15)16-10-12-18(13-11-16)14(2)20/h3,15-16H,1,4-13H2,2H3. The summed E-state index contributed by atoms with van der Waals surface area (Å²) in [7, 11) is 0. The first-order valence-corrected chi connectivity index (χ1v) is 8.33. The van der Waals surface area contributed by atoms with Gasteiger partial charge in [-0.1, -0.05) is 32.3 Å². The first kappa shape index (κ1) is 16.1. The van der Waals surface area contributed by atoms with Crippen molar-refractivity contribution in [1.29, 1.82) is 0 Å². The van der Waals surface area contributed by atoms with Crippen LogP contribution in [0.4, 0.5) is 0 Å². The van der Waals surface area contributed by atoms with Crippen molar-refractivity contribution in [3.63, 3.8) is 0 Å². The Balaban J connectivity index is 2.04. The third-order valence-corrected chi connectivity index (χ3v) is 4.95. The molecule has 1 aliphatic carbocycles. The number of nitrogens with zero attached hydrogens (tertiary/aromatic N) is 2. The molecule has 2 rings (SSSR count). The minimum absolute atomic E-state index is 0.0724. The lowest BCUT2D eigenvalue weighted by molar-refractivity contribution is -0.134. The highest BCUT2D eigenvalue weighted by atomic mass is 16.2. The van der Waals surface area contributed by atoms with Gasteiger partial charge in [-0.05, 0) is 31.8 Å². The molecule has 1 aliphatic heterocycles. The third-order valence-electron chi connectivity index (χ3n) is 4.95. The highest BCUT2D eigenvalue weighted by Gasteiger charge is 2.32. The molecule has 2 fully saturated rings. The van der Waals surface area contributed by atoms with Crippen LogP contribution >= 0.6 is 0 Å². The van der Waals surface area contributed by atoms with Crippen molar-refractivity contribution < 1.29 is 9.59 Å². The van der Waals surface area contributed by atoms with E-state index in [1.165, 1.54) is 31.8 Å². The second-order valence-corrected chi connectivity index (χ2v) is 6.33. The van der Waals surface area contributed by atoms with E-state index in [2.05, 4.69) is 11.5 Å². The fraction of sp³-hybridized carbons (Fsp3) is 0.765. The minimum Gasteiger partial charge on any atom is -0.343 e. The summed E-state index contributed by atoms with van der Waals surface area (Å²) >= 11 is 0. The maximum absolute atomic E-state index is 12.4. The summed E-state index contributed by atoms with van der Waals surface area (Å²) in [6.07, 6.45) is 10.5. The molecule has 0 aromatic rings. The van der Waals surface area contributed by atoms with Crippen molar-refractivity contribution in [2.45, 2.75) is 70.4 Å². The van der Waals surface area contributed by atoms with Gasteiger partial charge < -0.3 is 9.80 Å². The predicted molar refractivity (Wildman–Crippen MR) is 83.8 cm³/mol. The molecule has 0 unspecified atom stereocenters. The van der Waals surface area contributed by atoms with Crippen LogP contribution in [0.3, 0.4) is 0 Å². The van der Waals surface area contributed by atoms with Gasteiger partial charge in [-0.2, -0.15) is 0 Å². The number of hydrogen-bond donors (Lipinski definition) is 0. The van der Waals surface area contributed by atoms with Gasteiger partial charge in [-0.25, -0.2) is 0 Å². The number of likely N-dealkylation sites (tertiary alicyclic amines) is 1.